The maximum Gasteiger partial charge on any atom is 0.305 e. The molecule has 0 unspecified atom stereocenters. The van der Waals surface area contributed by atoms with Gasteiger partial charge in [0.25, 0.3) is 5.91 Å². The van der Waals surface area contributed by atoms with Crippen LogP contribution in [-0.2, 0) is 9.53 Å². The van der Waals surface area contributed by atoms with Crippen molar-refractivity contribution in [2.45, 2.75) is 24.8 Å². The molecule has 0 radical (unpaired) electrons. The van der Waals surface area contributed by atoms with Crippen molar-refractivity contribution in [1.82, 2.24) is 15.3 Å². The Morgan fingerprint density at radius 1 is 1.35 bits per heavy atom. The summed E-state index contributed by atoms with van der Waals surface area (Å²) in [6, 6.07) is 0. The number of nitrogens with two attached hydrogens (primary N) is 1. The number of carbonyl (C=O) groups is 2. The minimum Gasteiger partial charge on any atom is -0.481 e. The molecule has 0 aliphatic carbocycles. The summed E-state index contributed by atoms with van der Waals surface area (Å²) in [6.07, 6.45) is 3.45. The van der Waals surface area contributed by atoms with Crippen LogP contribution in [0.5, 0.6) is 0 Å². The van der Waals surface area contributed by atoms with Crippen molar-refractivity contribution in [3.05, 3.63) is 18.1 Å². The van der Waals surface area contributed by atoms with E-state index in [2.05, 4.69) is 15.3 Å². The molecule has 0 spiro atoms. The van der Waals surface area contributed by atoms with Gasteiger partial charge in [0.2, 0.25) is 0 Å². The van der Waals surface area contributed by atoms with E-state index in [9.17, 15) is 9.59 Å². The summed E-state index contributed by atoms with van der Waals surface area (Å²) in [7, 11) is 0. The summed E-state index contributed by atoms with van der Waals surface area (Å²) in [6.45, 7) is 0.813. The van der Waals surface area contributed by atoms with E-state index >= 15 is 0 Å². The lowest BCUT2D eigenvalue weighted by Crippen LogP contribution is -2.53. The normalized spacial score (nSPS) is 17.4. The summed E-state index contributed by atoms with van der Waals surface area (Å²) >= 11 is 0. The molecule has 1 aromatic rings. The van der Waals surface area contributed by atoms with Crippen molar-refractivity contribution in [3.63, 3.8) is 0 Å². The van der Waals surface area contributed by atoms with Gasteiger partial charge in [0.1, 0.15) is 0 Å². The quantitative estimate of drug-likeness (QED) is 0.697. The van der Waals surface area contributed by atoms with Crippen LogP contribution in [0.3, 0.4) is 0 Å². The van der Waals surface area contributed by atoms with E-state index in [4.69, 9.17) is 15.6 Å². The van der Waals surface area contributed by atoms with Crippen LogP contribution in [0.1, 0.15) is 29.8 Å². The molecule has 1 fully saturated rings. The highest BCUT2D eigenvalue weighted by atomic mass is 16.5. The number of amides is 1. The molecule has 20 heavy (non-hydrogen) atoms. The fraction of sp³-hybridized carbons (Fsp3) is 0.500. The SMILES string of the molecule is Nc1nccnc1C(=O)NC1(CC(=O)O)CCOCC1. The highest BCUT2D eigenvalue weighted by molar-refractivity contribution is 5.96. The van der Waals surface area contributed by atoms with Gasteiger partial charge in [-0.3, -0.25) is 9.59 Å². The van der Waals surface area contributed by atoms with E-state index in [1.807, 2.05) is 0 Å². The van der Waals surface area contributed by atoms with Gasteiger partial charge in [0, 0.05) is 25.6 Å². The first-order chi connectivity index (χ1) is 9.52. The molecule has 1 saturated heterocycles. The number of hydrogen-bond acceptors (Lipinski definition) is 6. The molecule has 108 valence electrons. The van der Waals surface area contributed by atoms with E-state index in [1.165, 1.54) is 12.4 Å². The summed E-state index contributed by atoms with van der Waals surface area (Å²) in [4.78, 5) is 30.9. The molecule has 4 N–H and O–H groups in total. The molecule has 0 saturated carbocycles. The predicted octanol–water partition coefficient (Wildman–Crippen LogP) is -0.188. The number of nitrogen functional groups attached to an aromatic ring is 1. The van der Waals surface area contributed by atoms with Crippen LogP contribution in [0.25, 0.3) is 0 Å². The van der Waals surface area contributed by atoms with Crippen LogP contribution >= 0.6 is 0 Å². The Bertz CT molecular complexity index is 514. The number of nitrogens with zero attached hydrogens (tertiary/aromatic N) is 2. The van der Waals surface area contributed by atoms with Crippen molar-refractivity contribution in [2.75, 3.05) is 18.9 Å². The van der Waals surface area contributed by atoms with E-state index in [-0.39, 0.29) is 17.9 Å². The predicted molar refractivity (Wildman–Crippen MR) is 68.9 cm³/mol. The number of aromatic nitrogens is 2. The van der Waals surface area contributed by atoms with Gasteiger partial charge in [-0.1, -0.05) is 0 Å². The molecule has 0 aromatic carbocycles. The number of hydrogen-bond donors (Lipinski definition) is 3. The second-order valence-corrected chi connectivity index (χ2v) is 4.71. The second-order valence-electron chi connectivity index (χ2n) is 4.71. The fourth-order valence-electron chi connectivity index (χ4n) is 2.22. The maximum atomic E-state index is 12.2. The standard InChI is InChI=1S/C12H16N4O4/c13-10-9(14-3-4-15-10)11(19)16-12(7-8(17)18)1-5-20-6-2-12/h3-4H,1-2,5-7H2,(H2,13,15)(H,16,19)(H,17,18). The molecule has 0 atom stereocenters. The average Bonchev–Trinajstić information content (AvgIpc) is 2.39. The summed E-state index contributed by atoms with van der Waals surface area (Å²) in [5, 5.41) is 11.8. The Morgan fingerprint density at radius 3 is 2.60 bits per heavy atom. The van der Waals surface area contributed by atoms with Gasteiger partial charge < -0.3 is 20.9 Å². The van der Waals surface area contributed by atoms with Crippen molar-refractivity contribution in [3.8, 4) is 0 Å². The first-order valence-corrected chi connectivity index (χ1v) is 6.21. The first kappa shape index (κ1) is 14.2. The molecule has 1 aromatic heterocycles. The van der Waals surface area contributed by atoms with Crippen molar-refractivity contribution in [1.29, 1.82) is 0 Å². The Hall–Kier alpha value is -2.22. The highest BCUT2D eigenvalue weighted by Gasteiger charge is 2.37. The lowest BCUT2D eigenvalue weighted by Gasteiger charge is -2.36. The third kappa shape index (κ3) is 3.21. The minimum absolute atomic E-state index is 0.00348. The monoisotopic (exact) mass is 280 g/mol. The Kier molecular flexibility index (Phi) is 4.14. The molecular formula is C12H16N4O4. The number of aliphatic carboxylic acids is 1. The van der Waals surface area contributed by atoms with E-state index in [0.29, 0.717) is 26.1 Å². The highest BCUT2D eigenvalue weighted by Crippen LogP contribution is 2.25. The van der Waals surface area contributed by atoms with Gasteiger partial charge in [-0.05, 0) is 12.8 Å². The topological polar surface area (TPSA) is 127 Å². The lowest BCUT2D eigenvalue weighted by atomic mass is 9.86. The first-order valence-electron chi connectivity index (χ1n) is 6.21. The van der Waals surface area contributed by atoms with Crippen molar-refractivity contribution >= 4 is 17.7 Å². The molecule has 1 aliphatic rings. The number of ether oxygens (including phenoxy) is 1. The zero-order valence-electron chi connectivity index (χ0n) is 10.8. The van der Waals surface area contributed by atoms with Crippen LogP contribution < -0.4 is 11.1 Å². The van der Waals surface area contributed by atoms with Gasteiger partial charge >= 0.3 is 5.97 Å². The summed E-state index contributed by atoms with van der Waals surface area (Å²) in [5.74, 6) is -1.47. The van der Waals surface area contributed by atoms with Crippen molar-refractivity contribution in [2.24, 2.45) is 0 Å². The van der Waals surface area contributed by atoms with Crippen LogP contribution in [0.15, 0.2) is 12.4 Å². The van der Waals surface area contributed by atoms with Gasteiger partial charge in [-0.15, -0.1) is 0 Å². The zero-order valence-corrected chi connectivity index (χ0v) is 10.8. The number of anilines is 1. The number of carbonyl (C=O) groups excluding carboxylic acids is 1. The number of carboxylic acid groups (broad SMARTS) is 1. The minimum atomic E-state index is -0.973. The van der Waals surface area contributed by atoms with Gasteiger partial charge in [0.15, 0.2) is 11.5 Å². The average molecular weight is 280 g/mol. The lowest BCUT2D eigenvalue weighted by molar-refractivity contribution is -0.139. The Labute approximate surface area is 115 Å². The van der Waals surface area contributed by atoms with Gasteiger partial charge in [0.05, 0.1) is 12.0 Å². The molecule has 1 aliphatic heterocycles. The summed E-state index contributed by atoms with van der Waals surface area (Å²) in [5.41, 5.74) is 4.77. The molecule has 1 amide bonds. The molecule has 8 heteroatoms. The number of rotatable bonds is 4. The fourth-order valence-corrected chi connectivity index (χ4v) is 2.22. The largest absolute Gasteiger partial charge is 0.481 e. The molecule has 2 heterocycles. The smallest absolute Gasteiger partial charge is 0.305 e. The van der Waals surface area contributed by atoms with Crippen LogP contribution in [-0.4, -0.2) is 45.7 Å². The van der Waals surface area contributed by atoms with Crippen molar-refractivity contribution < 1.29 is 19.4 Å². The van der Waals surface area contributed by atoms with E-state index in [1.54, 1.807) is 0 Å². The Morgan fingerprint density at radius 2 is 2.00 bits per heavy atom. The maximum absolute atomic E-state index is 12.2. The zero-order chi connectivity index (χ0) is 14.6. The van der Waals surface area contributed by atoms with Gasteiger partial charge in [-0.2, -0.15) is 0 Å². The molecule has 0 bridgehead atoms. The van der Waals surface area contributed by atoms with Crippen LogP contribution in [0, 0.1) is 0 Å². The number of carboxylic acids is 1. The van der Waals surface area contributed by atoms with Crippen LogP contribution in [0.4, 0.5) is 5.82 Å². The third-order valence-corrected chi connectivity index (χ3v) is 3.26. The van der Waals surface area contributed by atoms with E-state index < -0.39 is 17.4 Å². The number of nitrogens with one attached hydrogen (secondary N) is 1. The third-order valence-electron chi connectivity index (χ3n) is 3.26. The van der Waals surface area contributed by atoms with Crippen LogP contribution in [0.2, 0.25) is 0 Å². The molecule has 8 nitrogen and oxygen atoms in total. The molecule has 2 rings (SSSR count). The Balaban J connectivity index is 2.17. The summed E-state index contributed by atoms with van der Waals surface area (Å²) < 4.78 is 5.22. The molecular weight excluding hydrogens is 264 g/mol. The van der Waals surface area contributed by atoms with Gasteiger partial charge in [-0.25, -0.2) is 9.97 Å². The second kappa shape index (κ2) is 5.83. The van der Waals surface area contributed by atoms with E-state index in [0.717, 1.165) is 0 Å².